The largest absolute Gasteiger partial charge is 0.366 e. The Labute approximate surface area is 194 Å². The molecule has 0 unspecified atom stereocenters. The van der Waals surface area contributed by atoms with Crippen molar-refractivity contribution >= 4 is 39.5 Å². The zero-order chi connectivity index (χ0) is 21.4. The van der Waals surface area contributed by atoms with Crippen LogP contribution >= 0.6 is 23.7 Å². The summed E-state index contributed by atoms with van der Waals surface area (Å²) in [6, 6.07) is 8.73. The molecular formula is C22H29ClN2O4S2. The van der Waals surface area contributed by atoms with Gasteiger partial charge in [-0.05, 0) is 68.6 Å². The lowest BCUT2D eigenvalue weighted by atomic mass is 9.84. The molecule has 1 saturated heterocycles. The Morgan fingerprint density at radius 2 is 1.94 bits per heavy atom. The van der Waals surface area contributed by atoms with E-state index in [2.05, 4.69) is 17.6 Å². The van der Waals surface area contributed by atoms with Crippen LogP contribution in [0.3, 0.4) is 0 Å². The van der Waals surface area contributed by atoms with Gasteiger partial charge in [-0.2, -0.15) is 0 Å². The summed E-state index contributed by atoms with van der Waals surface area (Å²) in [4.78, 5) is 15.0. The highest BCUT2D eigenvalue weighted by Crippen LogP contribution is 2.46. The fraction of sp³-hybridized carbons (Fsp3) is 0.500. The summed E-state index contributed by atoms with van der Waals surface area (Å²) in [5, 5.41) is 6.36. The van der Waals surface area contributed by atoms with Gasteiger partial charge in [0.25, 0.3) is 5.91 Å². The summed E-state index contributed by atoms with van der Waals surface area (Å²) in [5.41, 5.74) is 1.84. The molecule has 0 aliphatic carbocycles. The van der Waals surface area contributed by atoms with Crippen LogP contribution in [0, 0.1) is 0 Å². The van der Waals surface area contributed by atoms with Crippen molar-refractivity contribution in [1.29, 1.82) is 0 Å². The first kappa shape index (κ1) is 24.2. The number of carbonyl (C=O) groups excluding carboxylic acids is 1. The van der Waals surface area contributed by atoms with Crippen LogP contribution in [0.4, 0.5) is 0 Å². The fourth-order valence-corrected chi connectivity index (χ4v) is 6.48. The molecule has 1 atom stereocenters. The summed E-state index contributed by atoms with van der Waals surface area (Å²) < 4.78 is 30.3. The van der Waals surface area contributed by atoms with E-state index < -0.39 is 9.84 Å². The molecule has 1 aromatic carbocycles. The van der Waals surface area contributed by atoms with Crippen molar-refractivity contribution in [3.05, 3.63) is 51.2 Å². The van der Waals surface area contributed by atoms with Crippen molar-refractivity contribution in [3.8, 4) is 0 Å². The van der Waals surface area contributed by atoms with Crippen LogP contribution in [0.1, 0.15) is 52.4 Å². The van der Waals surface area contributed by atoms with Crippen LogP contribution < -0.4 is 10.6 Å². The van der Waals surface area contributed by atoms with Gasteiger partial charge < -0.3 is 15.4 Å². The molecule has 1 spiro atoms. The molecule has 1 aromatic heterocycles. The Bertz CT molecular complexity index is 1030. The van der Waals surface area contributed by atoms with Gasteiger partial charge in [0.15, 0.2) is 9.84 Å². The van der Waals surface area contributed by atoms with Gasteiger partial charge in [-0.15, -0.1) is 23.7 Å². The van der Waals surface area contributed by atoms with Gasteiger partial charge in [-0.3, -0.25) is 4.79 Å². The number of rotatable bonds is 5. The maximum Gasteiger partial charge on any atom is 0.261 e. The minimum atomic E-state index is -3.21. The Hall–Kier alpha value is -1.45. The van der Waals surface area contributed by atoms with Gasteiger partial charge in [0.1, 0.15) is 5.60 Å². The van der Waals surface area contributed by atoms with E-state index in [4.69, 9.17) is 4.74 Å². The topological polar surface area (TPSA) is 84.5 Å². The minimum Gasteiger partial charge on any atom is -0.366 e. The number of benzene rings is 1. The van der Waals surface area contributed by atoms with Crippen LogP contribution in [0.25, 0.3) is 0 Å². The second-order valence-electron chi connectivity index (χ2n) is 8.07. The van der Waals surface area contributed by atoms with Crippen LogP contribution in [0.2, 0.25) is 0 Å². The standard InChI is InChI=1S/C22H28N2O4S2.ClH/c1-3-30(26,27)18-6-4-16(5-7-18)14-24-21(25)19-13-17-12-15(2)28-22(20(17)29-19)8-10-23-11-9-22;/h4-7,13,15,23H,3,8-12,14H2,1-2H3,(H,24,25);1H/t15-;/m0./s1. The average molecular weight is 485 g/mol. The van der Waals surface area contributed by atoms with Gasteiger partial charge in [-0.25, -0.2) is 8.42 Å². The first-order valence-electron chi connectivity index (χ1n) is 10.4. The third-order valence-electron chi connectivity index (χ3n) is 5.91. The van der Waals surface area contributed by atoms with E-state index in [-0.39, 0.29) is 35.8 Å². The van der Waals surface area contributed by atoms with E-state index in [1.165, 1.54) is 10.4 Å². The van der Waals surface area contributed by atoms with Crippen LogP contribution in [0.15, 0.2) is 35.2 Å². The predicted molar refractivity (Wildman–Crippen MR) is 125 cm³/mol. The van der Waals surface area contributed by atoms with Crippen LogP contribution in [-0.2, 0) is 33.1 Å². The molecule has 0 saturated carbocycles. The summed E-state index contributed by atoms with van der Waals surface area (Å²) >= 11 is 1.55. The third kappa shape index (κ3) is 4.98. The van der Waals surface area contributed by atoms with E-state index in [1.54, 1.807) is 42.5 Å². The zero-order valence-corrected chi connectivity index (χ0v) is 20.2. The molecule has 1 amide bonds. The number of ether oxygens (including phenoxy) is 1. The number of hydrogen-bond donors (Lipinski definition) is 2. The highest BCUT2D eigenvalue weighted by molar-refractivity contribution is 7.91. The smallest absolute Gasteiger partial charge is 0.261 e. The molecule has 1 fully saturated rings. The summed E-state index contributed by atoms with van der Waals surface area (Å²) in [6.45, 7) is 5.94. The van der Waals surface area contributed by atoms with Gasteiger partial charge in [0, 0.05) is 11.4 Å². The first-order valence-corrected chi connectivity index (χ1v) is 12.9. The molecule has 9 heteroatoms. The fourth-order valence-electron chi connectivity index (χ4n) is 4.29. The number of nitrogens with one attached hydrogen (secondary N) is 2. The average Bonchev–Trinajstić information content (AvgIpc) is 3.18. The van der Waals surface area contributed by atoms with E-state index in [0.29, 0.717) is 16.3 Å². The lowest BCUT2D eigenvalue weighted by molar-refractivity contribution is -0.117. The van der Waals surface area contributed by atoms with Crippen LogP contribution in [0.5, 0.6) is 0 Å². The van der Waals surface area contributed by atoms with E-state index in [9.17, 15) is 13.2 Å². The Balaban J connectivity index is 0.00000272. The maximum absolute atomic E-state index is 12.8. The third-order valence-corrected chi connectivity index (χ3v) is 9.02. The minimum absolute atomic E-state index is 0. The molecule has 2 aliphatic heterocycles. The molecule has 6 nitrogen and oxygen atoms in total. The number of hydrogen-bond acceptors (Lipinski definition) is 6. The van der Waals surface area contributed by atoms with Crippen molar-refractivity contribution in [2.45, 2.75) is 56.3 Å². The monoisotopic (exact) mass is 484 g/mol. The Kier molecular flexibility index (Phi) is 7.48. The van der Waals surface area contributed by atoms with Gasteiger partial charge >= 0.3 is 0 Å². The summed E-state index contributed by atoms with van der Waals surface area (Å²) in [5.74, 6) is -0.0252. The van der Waals surface area contributed by atoms with E-state index >= 15 is 0 Å². The molecule has 2 N–H and O–H groups in total. The first-order chi connectivity index (χ1) is 14.3. The normalized spacial score (nSPS) is 20.0. The SMILES string of the molecule is CCS(=O)(=O)c1ccc(CNC(=O)c2cc3c(s2)C2(CCNCC2)O[C@@H](C)C3)cc1.Cl. The van der Waals surface area contributed by atoms with Gasteiger partial charge in [0.2, 0.25) is 0 Å². The molecule has 3 heterocycles. The second-order valence-corrected chi connectivity index (χ2v) is 11.4. The number of piperidine rings is 1. The second kappa shape index (κ2) is 9.58. The number of fused-ring (bicyclic) bond motifs is 2. The predicted octanol–water partition coefficient (Wildman–Crippen LogP) is 3.43. The number of thiophene rings is 1. The number of halogens is 1. The van der Waals surface area contributed by atoms with Gasteiger partial charge in [-0.1, -0.05) is 19.1 Å². The molecule has 2 aliphatic rings. The number of carbonyl (C=O) groups is 1. The zero-order valence-electron chi connectivity index (χ0n) is 17.8. The highest BCUT2D eigenvalue weighted by atomic mass is 35.5. The molecule has 31 heavy (non-hydrogen) atoms. The van der Waals surface area contributed by atoms with E-state index in [1.807, 2.05) is 6.07 Å². The van der Waals surface area contributed by atoms with Crippen molar-refractivity contribution in [1.82, 2.24) is 10.6 Å². The molecule has 0 radical (unpaired) electrons. The summed E-state index contributed by atoms with van der Waals surface area (Å²) in [6.07, 6.45) is 2.85. The Morgan fingerprint density at radius 3 is 2.58 bits per heavy atom. The molecule has 2 aromatic rings. The van der Waals surface area contributed by atoms with E-state index in [0.717, 1.165) is 37.9 Å². The summed E-state index contributed by atoms with van der Waals surface area (Å²) in [7, 11) is -3.21. The maximum atomic E-state index is 12.8. The van der Waals surface area contributed by atoms with Crippen molar-refractivity contribution in [2.24, 2.45) is 0 Å². The Morgan fingerprint density at radius 1 is 1.26 bits per heavy atom. The lowest BCUT2D eigenvalue weighted by Gasteiger charge is -2.43. The van der Waals surface area contributed by atoms with Crippen molar-refractivity contribution in [2.75, 3.05) is 18.8 Å². The quantitative estimate of drug-likeness (QED) is 0.679. The molecule has 170 valence electrons. The van der Waals surface area contributed by atoms with Crippen LogP contribution in [-0.4, -0.2) is 39.3 Å². The molecule has 4 rings (SSSR count). The molecular weight excluding hydrogens is 456 g/mol. The number of amides is 1. The van der Waals surface area contributed by atoms with Gasteiger partial charge in [0.05, 0.1) is 21.6 Å². The number of sulfone groups is 1. The lowest BCUT2D eigenvalue weighted by Crippen LogP contribution is -2.46. The van der Waals surface area contributed by atoms with Crippen molar-refractivity contribution in [3.63, 3.8) is 0 Å². The highest BCUT2D eigenvalue weighted by Gasteiger charge is 2.43. The van der Waals surface area contributed by atoms with Crippen molar-refractivity contribution < 1.29 is 17.9 Å². The molecule has 0 bridgehead atoms.